The molecule has 0 unspecified atom stereocenters. The predicted octanol–water partition coefficient (Wildman–Crippen LogP) is 5.52. The van der Waals surface area contributed by atoms with Gasteiger partial charge in [0.1, 0.15) is 18.2 Å². The molecule has 0 atom stereocenters. The van der Waals surface area contributed by atoms with Gasteiger partial charge in [-0.05, 0) is 58.8 Å². The molecule has 0 aliphatic heterocycles. The number of nitrogens with one attached hydrogen (secondary N) is 1. The van der Waals surface area contributed by atoms with Crippen LogP contribution >= 0.6 is 11.6 Å². The summed E-state index contributed by atoms with van der Waals surface area (Å²) >= 11 is 5.82. The molecule has 4 rings (SSSR count). The van der Waals surface area contributed by atoms with E-state index < -0.39 is 10.0 Å². The zero-order chi connectivity index (χ0) is 22.6. The molecule has 4 aromatic carbocycles. The van der Waals surface area contributed by atoms with Crippen LogP contribution in [-0.2, 0) is 16.6 Å². The molecule has 4 aromatic rings. The van der Waals surface area contributed by atoms with Gasteiger partial charge in [-0.15, -0.1) is 0 Å². The Hall–Kier alpha value is -3.42. The maximum atomic E-state index is 13.1. The van der Waals surface area contributed by atoms with Gasteiger partial charge >= 0.3 is 0 Å². The van der Waals surface area contributed by atoms with E-state index in [0.717, 1.165) is 16.3 Å². The quantitative estimate of drug-likeness (QED) is 0.286. The van der Waals surface area contributed by atoms with Crippen LogP contribution < -0.4 is 9.57 Å². The summed E-state index contributed by atoms with van der Waals surface area (Å²) in [6, 6.07) is 23.1. The van der Waals surface area contributed by atoms with Crippen molar-refractivity contribution in [3.8, 4) is 5.75 Å². The number of sulfonamides is 1. The van der Waals surface area contributed by atoms with Crippen LogP contribution in [0.25, 0.3) is 10.8 Å². The maximum Gasteiger partial charge on any atom is 0.276 e. The van der Waals surface area contributed by atoms with E-state index >= 15 is 0 Å². The standard InChI is InChI=1S/C24H18ClFN2O3S/c25-19-8-12-21(13-9-19)32(29,30)28-27-15-23-22-4-2-1-3-18(22)7-14-24(23)31-16-17-5-10-20(26)11-6-17/h1-15,28H,16H2/b27-15+. The van der Waals surface area contributed by atoms with E-state index in [4.69, 9.17) is 16.3 Å². The number of rotatable bonds is 7. The second kappa shape index (κ2) is 9.38. The predicted molar refractivity (Wildman–Crippen MR) is 124 cm³/mol. The van der Waals surface area contributed by atoms with Crippen molar-refractivity contribution < 1.29 is 17.5 Å². The smallest absolute Gasteiger partial charge is 0.276 e. The van der Waals surface area contributed by atoms with Gasteiger partial charge in [0.15, 0.2) is 0 Å². The summed E-state index contributed by atoms with van der Waals surface area (Å²) in [6.45, 7) is 0.218. The lowest BCUT2D eigenvalue weighted by atomic mass is 10.0. The van der Waals surface area contributed by atoms with Crippen molar-refractivity contribution in [2.75, 3.05) is 0 Å². The van der Waals surface area contributed by atoms with Crippen LogP contribution in [0.15, 0.2) is 94.9 Å². The Morgan fingerprint density at radius 2 is 1.66 bits per heavy atom. The number of hydrogen-bond acceptors (Lipinski definition) is 4. The van der Waals surface area contributed by atoms with Gasteiger partial charge < -0.3 is 4.74 Å². The Kier molecular flexibility index (Phi) is 6.39. The van der Waals surface area contributed by atoms with E-state index in [1.54, 1.807) is 18.2 Å². The molecule has 0 saturated carbocycles. The summed E-state index contributed by atoms with van der Waals surface area (Å²) in [5.74, 6) is 0.197. The fourth-order valence-corrected chi connectivity index (χ4v) is 4.02. The Morgan fingerprint density at radius 3 is 2.41 bits per heavy atom. The molecule has 0 amide bonds. The molecular weight excluding hydrogens is 451 g/mol. The number of benzene rings is 4. The van der Waals surface area contributed by atoms with E-state index in [0.29, 0.717) is 16.3 Å². The maximum absolute atomic E-state index is 13.1. The summed E-state index contributed by atoms with van der Waals surface area (Å²) in [6.07, 6.45) is 1.41. The van der Waals surface area contributed by atoms with Gasteiger partial charge in [0.05, 0.1) is 11.1 Å². The first kappa shape index (κ1) is 21.8. The minimum absolute atomic E-state index is 0.0461. The van der Waals surface area contributed by atoms with Crippen molar-refractivity contribution in [2.24, 2.45) is 5.10 Å². The molecule has 8 heteroatoms. The zero-order valence-electron chi connectivity index (χ0n) is 16.7. The van der Waals surface area contributed by atoms with Crippen LogP contribution in [0.4, 0.5) is 4.39 Å². The minimum atomic E-state index is -3.86. The van der Waals surface area contributed by atoms with Gasteiger partial charge in [-0.1, -0.05) is 54.1 Å². The first-order chi connectivity index (χ1) is 15.4. The third-order valence-corrected chi connectivity index (χ3v) is 6.22. The fraction of sp³-hybridized carbons (Fsp3) is 0.0417. The third-order valence-electron chi connectivity index (χ3n) is 4.73. The SMILES string of the molecule is O=S(=O)(N/N=C/c1c(OCc2ccc(F)cc2)ccc2ccccc12)c1ccc(Cl)cc1. The monoisotopic (exact) mass is 468 g/mol. The molecule has 0 aromatic heterocycles. The Labute approximate surface area is 190 Å². The van der Waals surface area contributed by atoms with Crippen molar-refractivity contribution >= 4 is 38.6 Å². The third kappa shape index (κ3) is 5.07. The number of ether oxygens (including phenoxy) is 1. The van der Waals surface area contributed by atoms with Crippen LogP contribution in [-0.4, -0.2) is 14.6 Å². The molecule has 5 nitrogen and oxygen atoms in total. The van der Waals surface area contributed by atoms with Crippen molar-refractivity contribution in [3.63, 3.8) is 0 Å². The average Bonchev–Trinajstić information content (AvgIpc) is 2.79. The van der Waals surface area contributed by atoms with Crippen molar-refractivity contribution in [1.82, 2.24) is 4.83 Å². The highest BCUT2D eigenvalue weighted by Crippen LogP contribution is 2.27. The van der Waals surface area contributed by atoms with Crippen LogP contribution in [0.1, 0.15) is 11.1 Å². The van der Waals surface area contributed by atoms with Gasteiger partial charge in [-0.3, -0.25) is 0 Å². The molecule has 0 radical (unpaired) electrons. The Balaban J connectivity index is 1.61. The molecule has 0 bridgehead atoms. The topological polar surface area (TPSA) is 67.8 Å². The molecule has 1 N–H and O–H groups in total. The lowest BCUT2D eigenvalue weighted by molar-refractivity contribution is 0.306. The second-order valence-electron chi connectivity index (χ2n) is 6.92. The van der Waals surface area contributed by atoms with Crippen LogP contribution in [0, 0.1) is 5.82 Å². The summed E-state index contributed by atoms with van der Waals surface area (Å²) in [5.41, 5.74) is 1.41. The van der Waals surface area contributed by atoms with Crippen molar-refractivity contribution in [3.05, 3.63) is 107 Å². The highest BCUT2D eigenvalue weighted by Gasteiger charge is 2.13. The van der Waals surface area contributed by atoms with Crippen LogP contribution in [0.2, 0.25) is 5.02 Å². The molecule has 162 valence electrons. The number of halogens is 2. The lowest BCUT2D eigenvalue weighted by Crippen LogP contribution is -2.18. The number of nitrogens with zero attached hydrogens (tertiary/aromatic N) is 1. The lowest BCUT2D eigenvalue weighted by Gasteiger charge is -2.12. The first-order valence-corrected chi connectivity index (χ1v) is 11.5. The van der Waals surface area contributed by atoms with E-state index in [9.17, 15) is 12.8 Å². The number of hydrazone groups is 1. The summed E-state index contributed by atoms with van der Waals surface area (Å²) in [4.78, 5) is 2.26. The van der Waals surface area contributed by atoms with Gasteiger partial charge in [-0.2, -0.15) is 13.5 Å². The van der Waals surface area contributed by atoms with Crippen molar-refractivity contribution in [2.45, 2.75) is 11.5 Å². The number of hydrogen-bond donors (Lipinski definition) is 1. The molecule has 0 aliphatic carbocycles. The molecule has 0 saturated heterocycles. The Bertz CT molecular complexity index is 1370. The molecule has 0 aliphatic rings. The first-order valence-electron chi connectivity index (χ1n) is 9.62. The summed E-state index contributed by atoms with van der Waals surface area (Å²) in [5, 5.41) is 6.19. The fourth-order valence-electron chi connectivity index (χ4n) is 3.10. The molecule has 32 heavy (non-hydrogen) atoms. The van der Waals surface area contributed by atoms with E-state index in [1.807, 2.05) is 30.3 Å². The largest absolute Gasteiger partial charge is 0.488 e. The van der Waals surface area contributed by atoms with Gasteiger partial charge in [0, 0.05) is 10.6 Å². The molecule has 0 fully saturated rings. The minimum Gasteiger partial charge on any atom is -0.488 e. The second-order valence-corrected chi connectivity index (χ2v) is 9.02. The summed E-state index contributed by atoms with van der Waals surface area (Å²) in [7, 11) is -3.86. The molecule has 0 spiro atoms. The van der Waals surface area contributed by atoms with E-state index in [2.05, 4.69) is 9.93 Å². The van der Waals surface area contributed by atoms with E-state index in [1.165, 1.54) is 42.6 Å². The molecule has 0 heterocycles. The summed E-state index contributed by atoms with van der Waals surface area (Å²) < 4.78 is 44.1. The molecular formula is C24H18ClFN2O3S. The van der Waals surface area contributed by atoms with Gasteiger partial charge in [0.25, 0.3) is 10.0 Å². The van der Waals surface area contributed by atoms with Crippen molar-refractivity contribution in [1.29, 1.82) is 0 Å². The van der Waals surface area contributed by atoms with Gasteiger partial charge in [-0.25, -0.2) is 9.22 Å². The zero-order valence-corrected chi connectivity index (χ0v) is 18.3. The Morgan fingerprint density at radius 1 is 0.938 bits per heavy atom. The van der Waals surface area contributed by atoms with Crippen LogP contribution in [0.3, 0.4) is 0 Å². The van der Waals surface area contributed by atoms with Crippen LogP contribution in [0.5, 0.6) is 5.75 Å². The highest BCUT2D eigenvalue weighted by atomic mass is 35.5. The average molecular weight is 469 g/mol. The van der Waals surface area contributed by atoms with Gasteiger partial charge in [0.2, 0.25) is 0 Å². The van der Waals surface area contributed by atoms with E-state index in [-0.39, 0.29) is 17.3 Å². The normalized spacial score (nSPS) is 11.7. The number of fused-ring (bicyclic) bond motifs is 1. The highest BCUT2D eigenvalue weighted by molar-refractivity contribution is 7.89.